The normalized spacial score (nSPS) is 11.3. The fourth-order valence-corrected chi connectivity index (χ4v) is 2.98. The van der Waals surface area contributed by atoms with Gasteiger partial charge in [0.05, 0.1) is 12.8 Å². The lowest BCUT2D eigenvalue weighted by atomic mass is 10.1. The molecule has 0 saturated heterocycles. The van der Waals surface area contributed by atoms with E-state index in [-0.39, 0.29) is 6.61 Å². The van der Waals surface area contributed by atoms with Crippen LogP contribution in [0.3, 0.4) is 0 Å². The van der Waals surface area contributed by atoms with Crippen molar-refractivity contribution in [2.75, 3.05) is 6.61 Å². The topological polar surface area (TPSA) is 63.8 Å². The molecule has 0 aliphatic rings. The SMILES string of the molecule is CCOC(=O)c1c(/C=N/O)c2ccccc2n1Cc1ccc(C)cc1. The third-order valence-corrected chi connectivity index (χ3v) is 4.13. The molecule has 1 N–H and O–H groups in total. The van der Waals surface area contributed by atoms with Gasteiger partial charge in [-0.3, -0.25) is 0 Å². The molecule has 5 nitrogen and oxygen atoms in total. The van der Waals surface area contributed by atoms with Crippen LogP contribution in [0.5, 0.6) is 0 Å². The quantitative estimate of drug-likeness (QED) is 0.332. The first-order chi connectivity index (χ1) is 12.2. The molecular formula is C20H20N2O3. The Bertz CT molecular complexity index is 924. The number of esters is 1. The molecule has 0 bridgehead atoms. The van der Waals surface area contributed by atoms with Gasteiger partial charge in [-0.2, -0.15) is 0 Å². The van der Waals surface area contributed by atoms with Crippen LogP contribution in [0.25, 0.3) is 10.9 Å². The van der Waals surface area contributed by atoms with Gasteiger partial charge < -0.3 is 14.5 Å². The molecule has 0 unspecified atom stereocenters. The molecule has 2 aromatic carbocycles. The highest BCUT2D eigenvalue weighted by atomic mass is 16.5. The third kappa shape index (κ3) is 3.26. The van der Waals surface area contributed by atoms with Crippen LogP contribution in [-0.2, 0) is 11.3 Å². The van der Waals surface area contributed by atoms with E-state index in [0.717, 1.165) is 16.5 Å². The first-order valence-corrected chi connectivity index (χ1v) is 8.17. The average Bonchev–Trinajstić information content (AvgIpc) is 2.92. The Labute approximate surface area is 146 Å². The molecule has 5 heteroatoms. The van der Waals surface area contributed by atoms with Crippen LogP contribution in [0.4, 0.5) is 0 Å². The van der Waals surface area contributed by atoms with Gasteiger partial charge in [0.2, 0.25) is 0 Å². The van der Waals surface area contributed by atoms with E-state index in [4.69, 9.17) is 9.94 Å². The second-order valence-corrected chi connectivity index (χ2v) is 5.82. The van der Waals surface area contributed by atoms with E-state index >= 15 is 0 Å². The summed E-state index contributed by atoms with van der Waals surface area (Å²) in [6.07, 6.45) is 1.29. The number of hydrogen-bond donors (Lipinski definition) is 1. The summed E-state index contributed by atoms with van der Waals surface area (Å²) in [6, 6.07) is 15.8. The summed E-state index contributed by atoms with van der Waals surface area (Å²) in [5.41, 5.74) is 4.09. The van der Waals surface area contributed by atoms with Crippen LogP contribution in [0, 0.1) is 6.92 Å². The van der Waals surface area contributed by atoms with E-state index in [9.17, 15) is 4.79 Å². The zero-order valence-corrected chi connectivity index (χ0v) is 14.3. The Morgan fingerprint density at radius 3 is 2.60 bits per heavy atom. The maximum atomic E-state index is 12.6. The van der Waals surface area contributed by atoms with Crippen molar-refractivity contribution in [2.45, 2.75) is 20.4 Å². The number of aromatic nitrogens is 1. The summed E-state index contributed by atoms with van der Waals surface area (Å²) in [4.78, 5) is 12.6. The van der Waals surface area contributed by atoms with Crippen molar-refractivity contribution in [2.24, 2.45) is 5.16 Å². The van der Waals surface area contributed by atoms with Crippen LogP contribution in [0.1, 0.15) is 34.1 Å². The van der Waals surface area contributed by atoms with E-state index in [1.807, 2.05) is 60.0 Å². The molecule has 1 heterocycles. The molecule has 128 valence electrons. The second-order valence-electron chi connectivity index (χ2n) is 5.82. The number of rotatable bonds is 5. The monoisotopic (exact) mass is 336 g/mol. The van der Waals surface area contributed by atoms with Gasteiger partial charge in [0.25, 0.3) is 0 Å². The fourth-order valence-electron chi connectivity index (χ4n) is 2.98. The van der Waals surface area contributed by atoms with Crippen LogP contribution < -0.4 is 0 Å². The third-order valence-electron chi connectivity index (χ3n) is 4.13. The summed E-state index contributed by atoms with van der Waals surface area (Å²) in [5, 5.41) is 13.0. The number of ether oxygens (including phenoxy) is 1. The second kappa shape index (κ2) is 7.21. The summed E-state index contributed by atoms with van der Waals surface area (Å²) >= 11 is 0. The molecule has 0 aliphatic carbocycles. The summed E-state index contributed by atoms with van der Waals surface area (Å²) in [6.45, 7) is 4.61. The van der Waals surface area contributed by atoms with E-state index in [1.165, 1.54) is 11.8 Å². The Morgan fingerprint density at radius 1 is 1.20 bits per heavy atom. The Kier molecular flexibility index (Phi) is 4.84. The molecule has 0 fully saturated rings. The molecular weight excluding hydrogens is 316 g/mol. The van der Waals surface area contributed by atoms with Crippen molar-refractivity contribution in [1.29, 1.82) is 0 Å². The summed E-state index contributed by atoms with van der Waals surface area (Å²) in [7, 11) is 0. The highest BCUT2D eigenvalue weighted by Crippen LogP contribution is 2.27. The van der Waals surface area contributed by atoms with E-state index in [1.54, 1.807) is 6.92 Å². The lowest BCUT2D eigenvalue weighted by molar-refractivity contribution is 0.0515. The molecule has 0 radical (unpaired) electrons. The van der Waals surface area contributed by atoms with Crippen LogP contribution >= 0.6 is 0 Å². The largest absolute Gasteiger partial charge is 0.461 e. The average molecular weight is 336 g/mol. The van der Waals surface area contributed by atoms with Gasteiger partial charge in [-0.1, -0.05) is 53.2 Å². The van der Waals surface area contributed by atoms with Crippen LogP contribution in [-0.4, -0.2) is 28.6 Å². The number of nitrogens with zero attached hydrogens (tertiary/aromatic N) is 2. The lowest BCUT2D eigenvalue weighted by Crippen LogP contribution is -2.15. The van der Waals surface area contributed by atoms with E-state index in [0.29, 0.717) is 17.8 Å². The molecule has 0 spiro atoms. The highest BCUT2D eigenvalue weighted by Gasteiger charge is 2.23. The fraction of sp³-hybridized carbons (Fsp3) is 0.200. The molecule has 0 atom stereocenters. The minimum atomic E-state index is -0.430. The summed E-state index contributed by atoms with van der Waals surface area (Å²) < 4.78 is 7.15. The number of carbonyl (C=O) groups is 1. The molecule has 3 aromatic rings. The van der Waals surface area contributed by atoms with Gasteiger partial charge in [-0.05, 0) is 25.5 Å². The minimum Gasteiger partial charge on any atom is -0.461 e. The zero-order chi connectivity index (χ0) is 17.8. The van der Waals surface area contributed by atoms with Gasteiger partial charge >= 0.3 is 5.97 Å². The Hall–Kier alpha value is -3.08. The molecule has 0 aliphatic heterocycles. The minimum absolute atomic E-state index is 0.278. The first-order valence-electron chi connectivity index (χ1n) is 8.17. The number of hydrogen-bond acceptors (Lipinski definition) is 4. The zero-order valence-electron chi connectivity index (χ0n) is 14.3. The number of aryl methyl sites for hydroxylation is 1. The predicted molar refractivity (Wildman–Crippen MR) is 97.6 cm³/mol. The van der Waals surface area contributed by atoms with Crippen LogP contribution in [0.2, 0.25) is 0 Å². The number of para-hydroxylation sites is 1. The number of carbonyl (C=O) groups excluding carboxylic acids is 1. The van der Waals surface area contributed by atoms with Crippen molar-refractivity contribution in [3.05, 3.63) is 70.9 Å². The van der Waals surface area contributed by atoms with Gasteiger partial charge in [-0.15, -0.1) is 0 Å². The molecule has 0 saturated carbocycles. The van der Waals surface area contributed by atoms with Gasteiger partial charge in [0, 0.05) is 23.0 Å². The van der Waals surface area contributed by atoms with Crippen LogP contribution in [0.15, 0.2) is 53.7 Å². The molecule has 1 aromatic heterocycles. The molecule has 3 rings (SSSR count). The lowest BCUT2D eigenvalue weighted by Gasteiger charge is -2.11. The molecule has 25 heavy (non-hydrogen) atoms. The van der Waals surface area contributed by atoms with Gasteiger partial charge in [0.15, 0.2) is 0 Å². The van der Waals surface area contributed by atoms with E-state index < -0.39 is 5.97 Å². The highest BCUT2D eigenvalue weighted by molar-refractivity contribution is 6.09. The van der Waals surface area contributed by atoms with Gasteiger partial charge in [0.1, 0.15) is 5.69 Å². The number of benzene rings is 2. The predicted octanol–water partition coefficient (Wildman–Crippen LogP) is 3.98. The first kappa shape index (κ1) is 16.8. The summed E-state index contributed by atoms with van der Waals surface area (Å²) in [5.74, 6) is -0.430. The standard InChI is InChI=1S/C20H20N2O3/c1-3-25-20(23)19-17(12-21-24)16-6-4-5-7-18(16)22(19)13-15-10-8-14(2)9-11-15/h4-12,24H,3,13H2,1-2H3/b21-12+. The van der Waals surface area contributed by atoms with Crippen molar-refractivity contribution >= 4 is 23.1 Å². The van der Waals surface area contributed by atoms with Crippen molar-refractivity contribution in [3.63, 3.8) is 0 Å². The molecule has 0 amide bonds. The van der Waals surface area contributed by atoms with Crippen molar-refractivity contribution in [3.8, 4) is 0 Å². The number of fused-ring (bicyclic) bond motifs is 1. The maximum absolute atomic E-state index is 12.6. The Balaban J connectivity index is 2.22. The van der Waals surface area contributed by atoms with Crippen molar-refractivity contribution in [1.82, 2.24) is 4.57 Å². The Morgan fingerprint density at radius 2 is 1.92 bits per heavy atom. The number of oxime groups is 1. The maximum Gasteiger partial charge on any atom is 0.355 e. The van der Waals surface area contributed by atoms with Gasteiger partial charge in [-0.25, -0.2) is 4.79 Å². The van der Waals surface area contributed by atoms with Crippen molar-refractivity contribution < 1.29 is 14.7 Å². The van der Waals surface area contributed by atoms with E-state index in [2.05, 4.69) is 5.16 Å². The smallest absolute Gasteiger partial charge is 0.355 e.